The van der Waals surface area contributed by atoms with E-state index in [0.717, 1.165) is 0 Å². The second kappa shape index (κ2) is 3.56. The topological polar surface area (TPSA) is 43.7 Å². The van der Waals surface area contributed by atoms with Gasteiger partial charge in [0.2, 0.25) is 0 Å². The predicted molar refractivity (Wildman–Crippen MR) is 45.8 cm³/mol. The van der Waals surface area contributed by atoms with Crippen LogP contribution in [-0.4, -0.2) is 24.2 Å². The van der Waals surface area contributed by atoms with E-state index in [0.29, 0.717) is 16.3 Å². The summed E-state index contributed by atoms with van der Waals surface area (Å²) in [4.78, 5) is 0. The molecule has 0 aromatic heterocycles. The van der Waals surface area contributed by atoms with Crippen LogP contribution in [0.2, 0.25) is 0 Å². The largest absolute Gasteiger partial charge is 0.488 e. The molecule has 1 rings (SSSR count). The lowest BCUT2D eigenvalue weighted by atomic mass is 9.80. The Morgan fingerprint density at radius 2 is 1.75 bits per heavy atom. The average molecular weight is 169 g/mol. The molecule has 64 valence electrons. The van der Waals surface area contributed by atoms with Gasteiger partial charge in [0.25, 0.3) is 0 Å². The number of halogens is 1. The zero-order valence-electron chi connectivity index (χ0n) is 6.61. The third-order valence-corrected chi connectivity index (χ3v) is 1.55. The summed E-state index contributed by atoms with van der Waals surface area (Å²) in [6, 6.07) is 5.84. The Balaban J connectivity index is 2.86. The van der Waals surface area contributed by atoms with Gasteiger partial charge < -0.3 is 10.0 Å². The summed E-state index contributed by atoms with van der Waals surface area (Å²) < 4.78 is 12.5. The lowest BCUT2D eigenvalue weighted by molar-refractivity contribution is 0.425. The SMILES string of the molecule is CN(F)c1ccc(B(O)O)cc1. The van der Waals surface area contributed by atoms with Gasteiger partial charge in [0.15, 0.2) is 0 Å². The number of anilines is 1. The standard InChI is InChI=1S/C7H9BFNO2/c1-10(9)7-4-2-6(3-5-7)8(11)12/h2-5,11-12H,1H3. The molecule has 5 heteroatoms. The lowest BCUT2D eigenvalue weighted by Gasteiger charge is -2.07. The van der Waals surface area contributed by atoms with E-state index >= 15 is 0 Å². The molecule has 0 aliphatic heterocycles. The number of rotatable bonds is 2. The van der Waals surface area contributed by atoms with Gasteiger partial charge in [-0.15, -0.1) is 4.48 Å². The molecule has 1 aromatic rings. The second-order valence-electron chi connectivity index (χ2n) is 2.44. The van der Waals surface area contributed by atoms with Gasteiger partial charge >= 0.3 is 7.12 Å². The molecule has 0 radical (unpaired) electrons. The first-order valence-electron chi connectivity index (χ1n) is 3.47. The maximum atomic E-state index is 12.5. The Kier molecular flexibility index (Phi) is 2.67. The zero-order chi connectivity index (χ0) is 9.14. The van der Waals surface area contributed by atoms with Gasteiger partial charge in [0.05, 0.1) is 5.69 Å². The minimum absolute atomic E-state index is 0.348. The molecule has 0 atom stereocenters. The molecule has 0 fully saturated rings. The maximum Gasteiger partial charge on any atom is 0.488 e. The van der Waals surface area contributed by atoms with E-state index in [9.17, 15) is 4.48 Å². The summed E-state index contributed by atoms with van der Waals surface area (Å²) in [5.74, 6) is 0. The Hall–Kier alpha value is -1.07. The van der Waals surface area contributed by atoms with Crippen LogP contribution in [0.3, 0.4) is 0 Å². The third kappa shape index (κ3) is 1.96. The number of hydrogen-bond donors (Lipinski definition) is 2. The van der Waals surface area contributed by atoms with E-state index in [2.05, 4.69) is 0 Å². The van der Waals surface area contributed by atoms with Crippen LogP contribution in [0.4, 0.5) is 10.2 Å². The van der Waals surface area contributed by atoms with Gasteiger partial charge in [-0.25, -0.2) is 5.12 Å². The van der Waals surface area contributed by atoms with E-state index in [-0.39, 0.29) is 0 Å². The Morgan fingerprint density at radius 1 is 1.25 bits per heavy atom. The van der Waals surface area contributed by atoms with Gasteiger partial charge in [0, 0.05) is 7.05 Å². The Labute approximate surface area is 70.1 Å². The molecule has 0 aliphatic rings. The van der Waals surface area contributed by atoms with E-state index < -0.39 is 7.12 Å². The number of benzene rings is 1. The normalized spacial score (nSPS) is 9.67. The fourth-order valence-corrected chi connectivity index (χ4v) is 0.852. The van der Waals surface area contributed by atoms with Crippen molar-refractivity contribution in [3.63, 3.8) is 0 Å². The van der Waals surface area contributed by atoms with Crippen molar-refractivity contribution in [2.24, 2.45) is 0 Å². The summed E-state index contributed by atoms with van der Waals surface area (Å²) in [5.41, 5.74) is 0.722. The predicted octanol–water partition coefficient (Wildman–Crippen LogP) is -0.313. The highest BCUT2D eigenvalue weighted by Gasteiger charge is 2.10. The average Bonchev–Trinajstić information content (AvgIpc) is 2.04. The first-order valence-corrected chi connectivity index (χ1v) is 3.47. The summed E-state index contributed by atoms with van der Waals surface area (Å²) in [6.45, 7) is 0. The third-order valence-electron chi connectivity index (χ3n) is 1.55. The maximum absolute atomic E-state index is 12.5. The molecule has 1 aromatic carbocycles. The molecule has 2 N–H and O–H groups in total. The first-order chi connectivity index (χ1) is 5.61. The van der Waals surface area contributed by atoms with Crippen molar-refractivity contribution in [3.8, 4) is 0 Å². The van der Waals surface area contributed by atoms with E-state index in [1.807, 2.05) is 0 Å². The molecule has 0 bridgehead atoms. The fourth-order valence-electron chi connectivity index (χ4n) is 0.852. The highest BCUT2D eigenvalue weighted by atomic mass is 19.2. The minimum atomic E-state index is -1.50. The van der Waals surface area contributed by atoms with Crippen molar-refractivity contribution in [2.45, 2.75) is 0 Å². The van der Waals surface area contributed by atoms with Crippen molar-refractivity contribution in [3.05, 3.63) is 24.3 Å². The van der Waals surface area contributed by atoms with Crippen LogP contribution in [0.25, 0.3) is 0 Å². The van der Waals surface area contributed by atoms with Crippen molar-refractivity contribution < 1.29 is 14.5 Å². The monoisotopic (exact) mass is 169 g/mol. The van der Waals surface area contributed by atoms with Crippen LogP contribution in [0.15, 0.2) is 24.3 Å². The van der Waals surface area contributed by atoms with Crippen LogP contribution in [0.5, 0.6) is 0 Å². The van der Waals surface area contributed by atoms with Crippen LogP contribution in [0.1, 0.15) is 0 Å². The van der Waals surface area contributed by atoms with Gasteiger partial charge in [-0.2, -0.15) is 0 Å². The lowest BCUT2D eigenvalue weighted by Crippen LogP contribution is -2.29. The van der Waals surface area contributed by atoms with Gasteiger partial charge in [-0.3, -0.25) is 0 Å². The van der Waals surface area contributed by atoms with E-state index in [4.69, 9.17) is 10.0 Å². The molecule has 0 unspecified atom stereocenters. The first kappa shape index (κ1) is 9.03. The number of nitrogens with zero attached hydrogens (tertiary/aromatic N) is 1. The molecule has 0 heterocycles. The smallest absolute Gasteiger partial charge is 0.423 e. The van der Waals surface area contributed by atoms with Crippen LogP contribution in [-0.2, 0) is 0 Å². The highest BCUT2D eigenvalue weighted by Crippen LogP contribution is 2.09. The fraction of sp³-hybridized carbons (Fsp3) is 0.143. The van der Waals surface area contributed by atoms with Crippen molar-refractivity contribution in [1.82, 2.24) is 0 Å². The number of hydrogen-bond acceptors (Lipinski definition) is 3. The second-order valence-corrected chi connectivity index (χ2v) is 2.44. The quantitative estimate of drug-likeness (QED) is 0.471. The molecule has 3 nitrogen and oxygen atoms in total. The summed E-state index contributed by atoms with van der Waals surface area (Å²) in [5, 5.41) is 17.9. The van der Waals surface area contributed by atoms with Crippen molar-refractivity contribution in [1.29, 1.82) is 0 Å². The Morgan fingerprint density at radius 3 is 2.08 bits per heavy atom. The molecule has 0 saturated carbocycles. The molecular weight excluding hydrogens is 160 g/mol. The van der Waals surface area contributed by atoms with Gasteiger partial charge in [-0.1, -0.05) is 12.1 Å². The van der Waals surface area contributed by atoms with Crippen LogP contribution >= 0.6 is 0 Å². The summed E-state index contributed by atoms with van der Waals surface area (Å²) >= 11 is 0. The van der Waals surface area contributed by atoms with E-state index in [1.165, 1.54) is 31.3 Å². The van der Waals surface area contributed by atoms with Crippen LogP contribution < -0.4 is 10.6 Å². The van der Waals surface area contributed by atoms with Crippen molar-refractivity contribution >= 4 is 18.3 Å². The minimum Gasteiger partial charge on any atom is -0.423 e. The highest BCUT2D eigenvalue weighted by molar-refractivity contribution is 6.58. The van der Waals surface area contributed by atoms with Crippen LogP contribution in [0, 0.1) is 0 Å². The molecular formula is C7H9BFNO2. The molecule has 0 saturated heterocycles. The van der Waals surface area contributed by atoms with E-state index in [1.54, 1.807) is 0 Å². The van der Waals surface area contributed by atoms with Crippen molar-refractivity contribution in [2.75, 3.05) is 12.2 Å². The van der Waals surface area contributed by atoms with Gasteiger partial charge in [0.1, 0.15) is 0 Å². The van der Waals surface area contributed by atoms with Gasteiger partial charge in [-0.05, 0) is 17.6 Å². The molecule has 0 aliphatic carbocycles. The molecule has 12 heavy (non-hydrogen) atoms. The molecule has 0 spiro atoms. The zero-order valence-corrected chi connectivity index (χ0v) is 6.61. The summed E-state index contributed by atoms with van der Waals surface area (Å²) in [6.07, 6.45) is 0. The Bertz CT molecular complexity index is 223. The molecule has 0 amide bonds. The summed E-state index contributed by atoms with van der Waals surface area (Å²) in [7, 11) is -0.228.